The lowest BCUT2D eigenvalue weighted by molar-refractivity contribution is -0.147. The molecule has 0 bridgehead atoms. The van der Waals surface area contributed by atoms with Crippen LogP contribution in [0.15, 0.2) is 0 Å². The minimum Gasteiger partial charge on any atom is -0.481 e. The van der Waals surface area contributed by atoms with Crippen molar-refractivity contribution in [2.75, 3.05) is 0 Å². The third-order valence-electron chi connectivity index (χ3n) is 1.98. The van der Waals surface area contributed by atoms with E-state index in [1.807, 2.05) is 10.6 Å². The fourth-order valence-corrected chi connectivity index (χ4v) is 1.16. The molecule has 0 aromatic heterocycles. The number of nitrogens with one attached hydrogen (secondary N) is 2. The van der Waals surface area contributed by atoms with Crippen molar-refractivity contribution in [3.05, 3.63) is 0 Å². The molecule has 3 amide bonds. The van der Waals surface area contributed by atoms with Crippen molar-refractivity contribution in [1.82, 2.24) is 10.6 Å². The molecule has 10 nitrogen and oxygen atoms in total. The Morgan fingerprint density at radius 3 is 2.05 bits per heavy atom. The molecule has 10 heteroatoms. The zero-order valence-electron chi connectivity index (χ0n) is 9.66. The number of amides is 3. The molecule has 0 aliphatic rings. The van der Waals surface area contributed by atoms with E-state index in [2.05, 4.69) is 0 Å². The van der Waals surface area contributed by atoms with Gasteiger partial charge in [-0.05, 0) is 0 Å². The summed E-state index contributed by atoms with van der Waals surface area (Å²) in [6.07, 6.45) is -1.24. The lowest BCUT2D eigenvalue weighted by Crippen LogP contribution is -2.51. The summed E-state index contributed by atoms with van der Waals surface area (Å²) in [6.45, 7) is 0. The van der Waals surface area contributed by atoms with Gasteiger partial charge in [-0.1, -0.05) is 0 Å². The van der Waals surface area contributed by atoms with E-state index in [1.54, 1.807) is 0 Å². The molecule has 0 aromatic rings. The molecule has 0 aromatic carbocycles. The Bertz CT molecular complexity index is 395. The number of hydrogen-bond acceptors (Lipinski definition) is 5. The van der Waals surface area contributed by atoms with Crippen LogP contribution in [0.5, 0.6) is 0 Å². The first-order valence-corrected chi connectivity index (χ1v) is 5.01. The lowest BCUT2D eigenvalue weighted by atomic mass is 10.1. The van der Waals surface area contributed by atoms with Crippen LogP contribution in [-0.4, -0.2) is 52.5 Å². The molecule has 0 aliphatic heterocycles. The maximum Gasteiger partial charge on any atom is 0.326 e. The largest absolute Gasteiger partial charge is 0.481 e. The molecule has 0 radical (unpaired) electrons. The van der Waals surface area contributed by atoms with E-state index in [0.29, 0.717) is 0 Å². The van der Waals surface area contributed by atoms with Gasteiger partial charge in [0, 0.05) is 0 Å². The Labute approximate surface area is 106 Å². The predicted octanol–water partition coefficient (Wildman–Crippen LogP) is -2.98. The Hall–Kier alpha value is -2.65. The average Bonchev–Trinajstić information content (AvgIpc) is 2.26. The van der Waals surface area contributed by atoms with E-state index in [4.69, 9.17) is 15.9 Å². The van der Waals surface area contributed by atoms with Gasteiger partial charge in [0.1, 0.15) is 12.1 Å². The van der Waals surface area contributed by atoms with E-state index in [9.17, 15) is 24.0 Å². The Morgan fingerprint density at radius 1 is 1.11 bits per heavy atom. The molecule has 0 spiro atoms. The Morgan fingerprint density at radius 2 is 1.68 bits per heavy atom. The minimum absolute atomic E-state index is 0.139. The number of rotatable bonds is 9. The molecule has 0 saturated carbocycles. The normalized spacial score (nSPS) is 12.8. The quantitative estimate of drug-likeness (QED) is 0.279. The first-order chi connectivity index (χ1) is 8.77. The highest BCUT2D eigenvalue weighted by Gasteiger charge is 2.27. The SMILES string of the molecule is NC(=O)CC(NC=O)C(=O)NC(CC(=O)O)C(=O)O. The number of primary amides is 1. The monoisotopic (exact) mass is 275 g/mol. The summed E-state index contributed by atoms with van der Waals surface area (Å²) in [4.78, 5) is 53.6. The smallest absolute Gasteiger partial charge is 0.326 e. The van der Waals surface area contributed by atoms with Crippen LogP contribution < -0.4 is 16.4 Å². The second-order valence-electron chi connectivity index (χ2n) is 3.50. The van der Waals surface area contributed by atoms with Crippen LogP contribution in [0.1, 0.15) is 12.8 Å². The van der Waals surface area contributed by atoms with Crippen molar-refractivity contribution < 1.29 is 34.2 Å². The van der Waals surface area contributed by atoms with E-state index in [0.717, 1.165) is 0 Å². The van der Waals surface area contributed by atoms with E-state index < -0.39 is 48.7 Å². The highest BCUT2D eigenvalue weighted by atomic mass is 16.4. The van der Waals surface area contributed by atoms with E-state index in [-0.39, 0.29) is 6.41 Å². The first kappa shape index (κ1) is 16.4. The van der Waals surface area contributed by atoms with Gasteiger partial charge in [0.05, 0.1) is 12.8 Å². The fourth-order valence-electron chi connectivity index (χ4n) is 1.16. The second-order valence-corrected chi connectivity index (χ2v) is 3.50. The van der Waals surface area contributed by atoms with Gasteiger partial charge in [0.25, 0.3) is 0 Å². The van der Waals surface area contributed by atoms with Crippen LogP contribution in [0, 0.1) is 0 Å². The number of carbonyl (C=O) groups excluding carboxylic acids is 3. The first-order valence-electron chi connectivity index (χ1n) is 5.01. The molecule has 2 unspecified atom stereocenters. The molecular weight excluding hydrogens is 262 g/mol. The minimum atomic E-state index is -1.67. The number of carboxylic acid groups (broad SMARTS) is 2. The summed E-state index contributed by atoms with van der Waals surface area (Å²) in [5.74, 6) is -4.89. The van der Waals surface area contributed by atoms with Crippen molar-refractivity contribution in [3.63, 3.8) is 0 Å². The summed E-state index contributed by atoms with van der Waals surface area (Å²) in [5, 5.41) is 21.0. The van der Waals surface area contributed by atoms with Crippen LogP contribution >= 0.6 is 0 Å². The Balaban J connectivity index is 4.73. The number of hydrogen-bond donors (Lipinski definition) is 5. The molecule has 0 heterocycles. The zero-order valence-corrected chi connectivity index (χ0v) is 9.66. The maximum absolute atomic E-state index is 11.6. The average molecular weight is 275 g/mol. The van der Waals surface area contributed by atoms with Gasteiger partial charge in [0.2, 0.25) is 18.2 Å². The van der Waals surface area contributed by atoms with Crippen molar-refractivity contribution in [2.45, 2.75) is 24.9 Å². The summed E-state index contributed by atoms with van der Waals surface area (Å²) < 4.78 is 0. The molecular formula is C9H13N3O7. The van der Waals surface area contributed by atoms with Gasteiger partial charge in [-0.15, -0.1) is 0 Å². The summed E-state index contributed by atoms with van der Waals surface area (Å²) in [5.41, 5.74) is 4.85. The number of nitrogens with two attached hydrogens (primary N) is 1. The molecule has 106 valence electrons. The van der Waals surface area contributed by atoms with Crippen LogP contribution in [0.2, 0.25) is 0 Å². The molecule has 2 atom stereocenters. The summed E-state index contributed by atoms with van der Waals surface area (Å²) in [6, 6.07) is -3.03. The lowest BCUT2D eigenvalue weighted by Gasteiger charge is -2.17. The van der Waals surface area contributed by atoms with Crippen LogP contribution in [0.4, 0.5) is 0 Å². The number of carboxylic acids is 2. The highest BCUT2D eigenvalue weighted by Crippen LogP contribution is 1.97. The summed E-state index contributed by atoms with van der Waals surface area (Å²) in [7, 11) is 0. The fraction of sp³-hybridized carbons (Fsp3) is 0.444. The maximum atomic E-state index is 11.6. The standard InChI is InChI=1S/C9H13N3O7/c10-6(14)1-4(11-3-13)8(17)12-5(9(18)19)2-7(15)16/h3-5H,1-2H2,(H2,10,14)(H,11,13)(H,12,17)(H,15,16)(H,18,19). The molecule has 0 saturated heterocycles. The van der Waals surface area contributed by atoms with E-state index >= 15 is 0 Å². The van der Waals surface area contributed by atoms with Crippen LogP contribution in [-0.2, 0) is 24.0 Å². The van der Waals surface area contributed by atoms with E-state index in [1.165, 1.54) is 0 Å². The van der Waals surface area contributed by atoms with Gasteiger partial charge in [-0.2, -0.15) is 0 Å². The van der Waals surface area contributed by atoms with Gasteiger partial charge in [-0.3, -0.25) is 19.2 Å². The van der Waals surface area contributed by atoms with Crippen LogP contribution in [0.3, 0.4) is 0 Å². The van der Waals surface area contributed by atoms with Gasteiger partial charge >= 0.3 is 11.9 Å². The van der Waals surface area contributed by atoms with Crippen molar-refractivity contribution >= 4 is 30.2 Å². The molecule has 0 aliphatic carbocycles. The topological polar surface area (TPSA) is 176 Å². The van der Waals surface area contributed by atoms with Crippen molar-refractivity contribution in [1.29, 1.82) is 0 Å². The third kappa shape index (κ3) is 6.61. The van der Waals surface area contributed by atoms with Gasteiger partial charge in [-0.25, -0.2) is 4.79 Å². The van der Waals surface area contributed by atoms with Crippen molar-refractivity contribution in [2.24, 2.45) is 5.73 Å². The van der Waals surface area contributed by atoms with Gasteiger partial charge < -0.3 is 26.6 Å². The Kier molecular flexibility index (Phi) is 6.57. The number of aliphatic carboxylic acids is 2. The van der Waals surface area contributed by atoms with Gasteiger partial charge in [0.15, 0.2) is 0 Å². The molecule has 19 heavy (non-hydrogen) atoms. The molecule has 0 rings (SSSR count). The third-order valence-corrected chi connectivity index (χ3v) is 1.98. The highest BCUT2D eigenvalue weighted by molar-refractivity contribution is 5.92. The summed E-state index contributed by atoms with van der Waals surface area (Å²) >= 11 is 0. The second kappa shape index (κ2) is 7.63. The van der Waals surface area contributed by atoms with Crippen LogP contribution in [0.25, 0.3) is 0 Å². The van der Waals surface area contributed by atoms with Crippen molar-refractivity contribution in [3.8, 4) is 0 Å². The predicted molar refractivity (Wildman–Crippen MR) is 58.6 cm³/mol. The molecule has 6 N–H and O–H groups in total. The zero-order chi connectivity index (χ0) is 15.0. The number of carbonyl (C=O) groups is 5. The molecule has 0 fully saturated rings.